The number of hydrogen-bond donors (Lipinski definition) is 0. The molecule has 0 bridgehead atoms. The first-order chi connectivity index (χ1) is 6.31. The quantitative estimate of drug-likeness (QED) is 0.648. The highest BCUT2D eigenvalue weighted by Gasteiger charge is 2.26. The van der Waals surface area contributed by atoms with Gasteiger partial charge in [-0.05, 0) is 22.8 Å². The van der Waals surface area contributed by atoms with Gasteiger partial charge in [-0.3, -0.25) is 0 Å². The second kappa shape index (κ2) is 3.76. The highest BCUT2D eigenvalue weighted by molar-refractivity contribution is 5.23. The Balaban J connectivity index is 2.86. The maximum atomic E-state index is 2.33. The topological polar surface area (TPSA) is 0 Å². The number of rotatable bonds is 2. The van der Waals surface area contributed by atoms with Crippen LogP contribution in [0.1, 0.15) is 46.6 Å². The molecule has 0 saturated heterocycles. The monoisotopic (exact) mass is 190 g/mol. The van der Waals surface area contributed by atoms with Crippen LogP contribution in [0.25, 0.3) is 0 Å². The van der Waals surface area contributed by atoms with E-state index in [9.17, 15) is 0 Å². The van der Waals surface area contributed by atoms with Gasteiger partial charge >= 0.3 is 0 Å². The van der Waals surface area contributed by atoms with Gasteiger partial charge in [-0.1, -0.05) is 65.0 Å². The van der Waals surface area contributed by atoms with Crippen LogP contribution in [0.5, 0.6) is 0 Å². The van der Waals surface area contributed by atoms with Crippen LogP contribution in [0.4, 0.5) is 0 Å². The van der Waals surface area contributed by atoms with Crippen LogP contribution in [-0.2, 0) is 5.41 Å². The lowest BCUT2D eigenvalue weighted by molar-refractivity contribution is 0.284. The summed E-state index contributed by atoms with van der Waals surface area (Å²) < 4.78 is 0. The van der Waals surface area contributed by atoms with Crippen molar-refractivity contribution < 1.29 is 0 Å². The summed E-state index contributed by atoms with van der Waals surface area (Å²) in [4.78, 5) is 0. The lowest BCUT2D eigenvalue weighted by Gasteiger charge is -2.32. The predicted octanol–water partition coefficient (Wildman–Crippen LogP) is 4.40. The van der Waals surface area contributed by atoms with E-state index in [1.54, 1.807) is 0 Å². The third-order valence-corrected chi connectivity index (χ3v) is 2.53. The van der Waals surface area contributed by atoms with E-state index in [4.69, 9.17) is 0 Å². The van der Waals surface area contributed by atoms with Crippen molar-refractivity contribution in [1.82, 2.24) is 0 Å². The van der Waals surface area contributed by atoms with Gasteiger partial charge in [0.1, 0.15) is 0 Å². The zero-order valence-corrected chi connectivity index (χ0v) is 10.1. The van der Waals surface area contributed by atoms with Gasteiger partial charge in [0, 0.05) is 0 Å². The van der Waals surface area contributed by atoms with E-state index in [1.807, 2.05) is 0 Å². The summed E-state index contributed by atoms with van der Waals surface area (Å²) in [7, 11) is 0. The van der Waals surface area contributed by atoms with Crippen LogP contribution in [0.3, 0.4) is 0 Å². The van der Waals surface area contributed by atoms with Gasteiger partial charge in [0.05, 0.1) is 0 Å². The van der Waals surface area contributed by atoms with Crippen LogP contribution in [-0.4, -0.2) is 0 Å². The van der Waals surface area contributed by atoms with Gasteiger partial charge in [-0.2, -0.15) is 0 Å². The summed E-state index contributed by atoms with van der Waals surface area (Å²) in [6.45, 7) is 11.6. The SMILES string of the molecule is CC(C)(C)CC(C)(C)c1ccccc1. The van der Waals surface area contributed by atoms with E-state index in [0.29, 0.717) is 5.41 Å². The van der Waals surface area contributed by atoms with Crippen molar-refractivity contribution in [3.63, 3.8) is 0 Å². The van der Waals surface area contributed by atoms with Gasteiger partial charge < -0.3 is 0 Å². The van der Waals surface area contributed by atoms with E-state index in [2.05, 4.69) is 65.0 Å². The van der Waals surface area contributed by atoms with Crippen molar-refractivity contribution >= 4 is 0 Å². The predicted molar refractivity (Wildman–Crippen MR) is 63.5 cm³/mol. The first-order valence-electron chi connectivity index (χ1n) is 5.37. The molecule has 14 heavy (non-hydrogen) atoms. The molecule has 0 aliphatic heterocycles. The molecule has 0 amide bonds. The fourth-order valence-corrected chi connectivity index (χ4v) is 2.32. The van der Waals surface area contributed by atoms with Crippen molar-refractivity contribution in [2.75, 3.05) is 0 Å². The van der Waals surface area contributed by atoms with Crippen LogP contribution in [0.15, 0.2) is 30.3 Å². The Hall–Kier alpha value is -0.780. The van der Waals surface area contributed by atoms with Gasteiger partial charge in [0.25, 0.3) is 0 Å². The first kappa shape index (κ1) is 11.3. The average molecular weight is 190 g/mol. The molecule has 0 aliphatic carbocycles. The summed E-state index contributed by atoms with van der Waals surface area (Å²) in [6, 6.07) is 10.8. The minimum atomic E-state index is 0.277. The third kappa shape index (κ3) is 3.17. The van der Waals surface area contributed by atoms with Crippen LogP contribution in [0.2, 0.25) is 0 Å². The molecular weight excluding hydrogens is 168 g/mol. The molecule has 1 rings (SSSR count). The summed E-state index contributed by atoms with van der Waals surface area (Å²) >= 11 is 0. The Morgan fingerprint density at radius 1 is 0.857 bits per heavy atom. The molecule has 0 aliphatic rings. The molecule has 0 aromatic heterocycles. The molecule has 1 aromatic carbocycles. The van der Waals surface area contributed by atoms with E-state index in [-0.39, 0.29) is 5.41 Å². The molecule has 78 valence electrons. The minimum absolute atomic E-state index is 0.277. The second-order valence-electron chi connectivity index (χ2n) is 5.99. The Labute approximate surface area is 88.4 Å². The smallest absolute Gasteiger partial charge is 0.00986 e. The molecule has 0 spiro atoms. The fourth-order valence-electron chi connectivity index (χ4n) is 2.32. The second-order valence-corrected chi connectivity index (χ2v) is 5.99. The van der Waals surface area contributed by atoms with Crippen LogP contribution < -0.4 is 0 Å². The van der Waals surface area contributed by atoms with Gasteiger partial charge in [0.2, 0.25) is 0 Å². The Bertz CT molecular complexity index is 275. The minimum Gasteiger partial charge on any atom is -0.0622 e. The molecule has 0 unspecified atom stereocenters. The molecule has 0 nitrogen and oxygen atoms in total. The standard InChI is InChI=1S/C14H22/c1-13(2,3)11-14(4,5)12-9-7-6-8-10-12/h6-10H,11H2,1-5H3. The zero-order chi connectivity index (χ0) is 10.8. The molecule has 0 heteroatoms. The largest absolute Gasteiger partial charge is 0.0622 e. The summed E-state index contributed by atoms with van der Waals surface area (Å²) in [5, 5.41) is 0. The Kier molecular flexibility index (Phi) is 3.04. The van der Waals surface area contributed by atoms with Crippen LogP contribution >= 0.6 is 0 Å². The lowest BCUT2D eigenvalue weighted by atomic mass is 9.72. The average Bonchev–Trinajstić information content (AvgIpc) is 2.01. The van der Waals surface area contributed by atoms with Crippen molar-refractivity contribution in [3.05, 3.63) is 35.9 Å². The maximum absolute atomic E-state index is 2.33. The van der Waals surface area contributed by atoms with Gasteiger partial charge in [-0.15, -0.1) is 0 Å². The van der Waals surface area contributed by atoms with Crippen molar-refractivity contribution in [2.24, 2.45) is 5.41 Å². The third-order valence-electron chi connectivity index (χ3n) is 2.53. The summed E-state index contributed by atoms with van der Waals surface area (Å²) in [6.07, 6.45) is 1.21. The summed E-state index contributed by atoms with van der Waals surface area (Å²) in [5.74, 6) is 0. The fraction of sp³-hybridized carbons (Fsp3) is 0.571. The molecule has 0 radical (unpaired) electrons. The van der Waals surface area contributed by atoms with Crippen molar-refractivity contribution in [2.45, 2.75) is 46.5 Å². The van der Waals surface area contributed by atoms with Crippen LogP contribution in [0, 0.1) is 5.41 Å². The van der Waals surface area contributed by atoms with E-state index < -0.39 is 0 Å². The number of benzene rings is 1. The molecule has 0 N–H and O–H groups in total. The molecule has 0 atom stereocenters. The Morgan fingerprint density at radius 2 is 1.36 bits per heavy atom. The first-order valence-corrected chi connectivity index (χ1v) is 5.37. The molecule has 0 fully saturated rings. The van der Waals surface area contributed by atoms with E-state index in [1.165, 1.54) is 12.0 Å². The summed E-state index contributed by atoms with van der Waals surface area (Å²) in [5.41, 5.74) is 2.11. The number of hydrogen-bond acceptors (Lipinski definition) is 0. The van der Waals surface area contributed by atoms with Gasteiger partial charge in [0.15, 0.2) is 0 Å². The van der Waals surface area contributed by atoms with Crippen molar-refractivity contribution in [3.8, 4) is 0 Å². The highest BCUT2D eigenvalue weighted by Crippen LogP contribution is 2.35. The molecular formula is C14H22. The zero-order valence-electron chi connectivity index (χ0n) is 10.1. The molecule has 0 heterocycles. The molecule has 1 aromatic rings. The van der Waals surface area contributed by atoms with Gasteiger partial charge in [-0.25, -0.2) is 0 Å². The lowest BCUT2D eigenvalue weighted by Crippen LogP contribution is -2.24. The maximum Gasteiger partial charge on any atom is -0.00986 e. The highest BCUT2D eigenvalue weighted by atomic mass is 14.3. The van der Waals surface area contributed by atoms with Crippen molar-refractivity contribution in [1.29, 1.82) is 0 Å². The normalized spacial score (nSPS) is 12.9. The Morgan fingerprint density at radius 3 is 1.79 bits per heavy atom. The molecule has 0 saturated carbocycles. The van der Waals surface area contributed by atoms with E-state index >= 15 is 0 Å². The van der Waals surface area contributed by atoms with E-state index in [0.717, 1.165) is 0 Å².